The number of hydrogen-bond acceptors (Lipinski definition) is 5. The van der Waals surface area contributed by atoms with E-state index in [0.29, 0.717) is 24.2 Å². The van der Waals surface area contributed by atoms with E-state index in [1.807, 2.05) is 37.8 Å². The Morgan fingerprint density at radius 2 is 1.76 bits per heavy atom. The average molecular weight is 462 g/mol. The number of alkyl halides is 3. The number of piperazine rings is 1. The lowest BCUT2D eigenvalue weighted by atomic mass is 10.1. The van der Waals surface area contributed by atoms with Crippen LogP contribution in [0.4, 0.5) is 23.7 Å². The number of aromatic nitrogens is 4. The number of halogens is 3. The van der Waals surface area contributed by atoms with Gasteiger partial charge in [0.25, 0.3) is 0 Å². The maximum absolute atomic E-state index is 12.9. The number of ether oxygens (including phenoxy) is 1. The zero-order valence-corrected chi connectivity index (χ0v) is 18.6. The Labute approximate surface area is 188 Å². The highest BCUT2D eigenvalue weighted by molar-refractivity contribution is 5.80. The monoisotopic (exact) mass is 462 g/mol. The molecule has 2 aliphatic heterocycles. The lowest BCUT2D eigenvalue weighted by Crippen LogP contribution is -2.56. The lowest BCUT2D eigenvalue weighted by molar-refractivity contribution is -0.212. The van der Waals surface area contributed by atoms with E-state index in [9.17, 15) is 18.0 Å². The fourth-order valence-corrected chi connectivity index (χ4v) is 4.75. The first kappa shape index (κ1) is 21.6. The molecule has 0 aliphatic carbocycles. The van der Waals surface area contributed by atoms with E-state index in [1.54, 1.807) is 16.9 Å². The molecule has 11 heteroatoms. The minimum absolute atomic E-state index is 0.00735. The molecule has 0 radical (unpaired) electrons. The van der Waals surface area contributed by atoms with E-state index < -0.39 is 11.9 Å². The van der Waals surface area contributed by atoms with Crippen molar-refractivity contribution in [1.82, 2.24) is 24.3 Å². The molecule has 2 unspecified atom stereocenters. The quantitative estimate of drug-likeness (QED) is 0.569. The normalized spacial score (nSPS) is 21.2. The van der Waals surface area contributed by atoms with E-state index >= 15 is 0 Å². The van der Waals surface area contributed by atoms with Crippen molar-refractivity contribution in [1.29, 1.82) is 0 Å². The van der Waals surface area contributed by atoms with E-state index in [2.05, 4.69) is 15.1 Å². The van der Waals surface area contributed by atoms with Crippen LogP contribution in [0.1, 0.15) is 33.6 Å². The molecule has 0 aromatic carbocycles. The molecular formula is C22H25F3N6O2. The Bertz CT molecular complexity index is 1180. The van der Waals surface area contributed by atoms with Gasteiger partial charge in [-0.05, 0) is 45.7 Å². The standard InChI is InChI=1S/C22H25F3N6O2/c1-21(2,3)33-20(32)31-16-4-5-17(31)13-28(12-16)18-6-7-26-29-10-14(8-19(18)29)15-9-27-30(11-15)22(23,24)25/h6-11,16-17H,4-5,12-13H2,1-3H3. The molecule has 0 spiro atoms. The molecule has 2 bridgehead atoms. The Kier molecular flexibility index (Phi) is 4.84. The van der Waals surface area contributed by atoms with Crippen LogP contribution in [0.5, 0.6) is 0 Å². The molecule has 2 aliphatic rings. The molecule has 0 saturated carbocycles. The number of rotatable bonds is 2. The van der Waals surface area contributed by atoms with Crippen LogP contribution in [-0.2, 0) is 11.0 Å². The van der Waals surface area contributed by atoms with E-state index in [4.69, 9.17) is 4.74 Å². The van der Waals surface area contributed by atoms with Gasteiger partial charge < -0.3 is 9.64 Å². The first-order valence-electron chi connectivity index (χ1n) is 10.9. The molecule has 5 rings (SSSR count). The van der Waals surface area contributed by atoms with Crippen LogP contribution in [0.2, 0.25) is 0 Å². The lowest BCUT2D eigenvalue weighted by Gasteiger charge is -2.42. The van der Waals surface area contributed by atoms with E-state index in [-0.39, 0.29) is 22.9 Å². The van der Waals surface area contributed by atoms with E-state index in [1.165, 1.54) is 6.20 Å². The second kappa shape index (κ2) is 7.39. The van der Waals surface area contributed by atoms with Crippen molar-refractivity contribution in [3.8, 4) is 11.1 Å². The highest BCUT2D eigenvalue weighted by Crippen LogP contribution is 2.36. The molecule has 2 saturated heterocycles. The zero-order valence-electron chi connectivity index (χ0n) is 18.6. The summed E-state index contributed by atoms with van der Waals surface area (Å²) >= 11 is 0. The molecule has 8 nitrogen and oxygen atoms in total. The van der Waals surface area contributed by atoms with Crippen LogP contribution in [0.3, 0.4) is 0 Å². The van der Waals surface area contributed by atoms with Crippen LogP contribution in [-0.4, -0.2) is 61.2 Å². The smallest absolute Gasteiger partial charge is 0.444 e. The molecule has 1 amide bonds. The molecule has 3 aromatic rings. The van der Waals surface area contributed by atoms with Gasteiger partial charge in [-0.2, -0.15) is 14.9 Å². The molecule has 0 N–H and O–H groups in total. The highest BCUT2D eigenvalue weighted by Gasteiger charge is 2.44. The maximum atomic E-state index is 12.9. The van der Waals surface area contributed by atoms with Gasteiger partial charge in [0.1, 0.15) is 5.60 Å². The number of carbonyl (C=O) groups excluding carboxylic acids is 1. The van der Waals surface area contributed by atoms with Crippen LogP contribution >= 0.6 is 0 Å². The summed E-state index contributed by atoms with van der Waals surface area (Å²) in [5.41, 5.74) is 2.13. The Morgan fingerprint density at radius 1 is 1.06 bits per heavy atom. The topological polar surface area (TPSA) is 67.9 Å². The van der Waals surface area contributed by atoms with Gasteiger partial charge in [0.15, 0.2) is 0 Å². The zero-order chi connectivity index (χ0) is 23.5. The predicted molar refractivity (Wildman–Crippen MR) is 115 cm³/mol. The second-order valence-corrected chi connectivity index (χ2v) is 9.59. The number of anilines is 1. The van der Waals surface area contributed by atoms with Crippen LogP contribution in [0, 0.1) is 0 Å². The Hall–Kier alpha value is -3.24. The highest BCUT2D eigenvalue weighted by atomic mass is 19.4. The van der Waals surface area contributed by atoms with Crippen LogP contribution < -0.4 is 4.90 Å². The summed E-state index contributed by atoms with van der Waals surface area (Å²) in [6.07, 6.45) is 2.51. The number of amides is 1. The van der Waals surface area contributed by atoms with Gasteiger partial charge in [0, 0.05) is 42.8 Å². The number of hydrogen-bond donors (Lipinski definition) is 0. The van der Waals surface area contributed by atoms with Gasteiger partial charge in [-0.1, -0.05) is 0 Å². The van der Waals surface area contributed by atoms with Crippen molar-refractivity contribution in [3.05, 3.63) is 36.9 Å². The van der Waals surface area contributed by atoms with Gasteiger partial charge in [-0.3, -0.25) is 4.90 Å². The average Bonchev–Trinajstić information content (AvgIpc) is 3.41. The molecule has 2 atom stereocenters. The van der Waals surface area contributed by atoms with Gasteiger partial charge in [-0.15, -0.1) is 13.2 Å². The number of nitrogens with zero attached hydrogens (tertiary/aromatic N) is 6. The van der Waals surface area contributed by atoms with Crippen molar-refractivity contribution in [2.75, 3.05) is 18.0 Å². The largest absolute Gasteiger partial charge is 0.504 e. The molecule has 2 fully saturated rings. The minimum atomic E-state index is -4.56. The summed E-state index contributed by atoms with van der Waals surface area (Å²) in [5, 5.41) is 7.76. The van der Waals surface area contributed by atoms with Crippen molar-refractivity contribution in [2.24, 2.45) is 0 Å². The molecule has 33 heavy (non-hydrogen) atoms. The summed E-state index contributed by atoms with van der Waals surface area (Å²) in [4.78, 5) is 16.8. The van der Waals surface area contributed by atoms with Gasteiger partial charge >= 0.3 is 12.4 Å². The number of fused-ring (bicyclic) bond motifs is 3. The summed E-state index contributed by atoms with van der Waals surface area (Å²) in [6.45, 7) is 6.89. The fraction of sp³-hybridized carbons (Fsp3) is 0.500. The molecular weight excluding hydrogens is 437 g/mol. The molecule has 176 valence electrons. The van der Waals surface area contributed by atoms with Crippen molar-refractivity contribution < 1.29 is 22.7 Å². The third-order valence-electron chi connectivity index (χ3n) is 6.09. The van der Waals surface area contributed by atoms with Crippen molar-refractivity contribution in [3.63, 3.8) is 0 Å². The summed E-state index contributed by atoms with van der Waals surface area (Å²) < 4.78 is 46.0. The van der Waals surface area contributed by atoms with Crippen molar-refractivity contribution >= 4 is 17.3 Å². The number of carbonyl (C=O) groups is 1. The van der Waals surface area contributed by atoms with Crippen LogP contribution in [0.25, 0.3) is 16.6 Å². The summed E-state index contributed by atoms with van der Waals surface area (Å²) in [6, 6.07) is 3.82. The molecule has 3 aromatic heterocycles. The first-order valence-corrected chi connectivity index (χ1v) is 10.9. The van der Waals surface area contributed by atoms with E-state index in [0.717, 1.165) is 30.2 Å². The maximum Gasteiger partial charge on any atom is 0.504 e. The third kappa shape index (κ3) is 4.00. The minimum Gasteiger partial charge on any atom is -0.444 e. The van der Waals surface area contributed by atoms with Gasteiger partial charge in [0.2, 0.25) is 0 Å². The Morgan fingerprint density at radius 3 is 2.36 bits per heavy atom. The Balaban J connectivity index is 1.41. The SMILES string of the molecule is CC(C)(C)OC(=O)N1C2CCC1CN(c1ccnn3cc(-c4cnn(C(F)(F)F)c4)cc13)C2. The fourth-order valence-electron chi connectivity index (χ4n) is 4.75. The van der Waals surface area contributed by atoms with Crippen molar-refractivity contribution in [2.45, 2.75) is 57.6 Å². The van der Waals surface area contributed by atoms with Gasteiger partial charge in [-0.25, -0.2) is 9.31 Å². The van der Waals surface area contributed by atoms with Gasteiger partial charge in [0.05, 0.1) is 29.5 Å². The second-order valence-electron chi connectivity index (χ2n) is 9.59. The third-order valence-corrected chi connectivity index (χ3v) is 6.09. The summed E-state index contributed by atoms with van der Waals surface area (Å²) in [5.74, 6) is 0. The van der Waals surface area contributed by atoms with Crippen LogP contribution in [0.15, 0.2) is 36.9 Å². The first-order chi connectivity index (χ1) is 15.5. The molecule has 5 heterocycles. The predicted octanol–water partition coefficient (Wildman–Crippen LogP) is 4.26. The summed E-state index contributed by atoms with van der Waals surface area (Å²) in [7, 11) is 0.